The Kier molecular flexibility index (Phi) is 5.58. The third-order valence-electron chi connectivity index (χ3n) is 5.32. The van der Waals surface area contributed by atoms with Crippen molar-refractivity contribution in [3.8, 4) is 40.2 Å². The highest BCUT2D eigenvalue weighted by Crippen LogP contribution is 2.31. The fraction of sp³-hybridized carbons (Fsp3) is 0.174. The number of hydrogen-bond acceptors (Lipinski definition) is 8. The highest BCUT2D eigenvalue weighted by atomic mass is 35.5. The van der Waals surface area contributed by atoms with Crippen LogP contribution in [0.1, 0.15) is 17.1 Å². The predicted octanol–water partition coefficient (Wildman–Crippen LogP) is 5.12. The van der Waals surface area contributed by atoms with E-state index in [9.17, 15) is 4.39 Å². The van der Waals surface area contributed by atoms with Crippen molar-refractivity contribution in [1.29, 1.82) is 0 Å². The molecule has 0 fully saturated rings. The fourth-order valence-electron chi connectivity index (χ4n) is 3.43. The van der Waals surface area contributed by atoms with E-state index in [1.165, 1.54) is 12.1 Å². The number of nitrogens with zero attached hydrogens (tertiary/aromatic N) is 6. The van der Waals surface area contributed by atoms with Gasteiger partial charge in [-0.1, -0.05) is 34.1 Å². The predicted molar refractivity (Wildman–Crippen MR) is 121 cm³/mol. The molecule has 2 aromatic carbocycles. The first-order chi connectivity index (χ1) is 16.4. The van der Waals surface area contributed by atoms with E-state index < -0.39 is 5.82 Å². The van der Waals surface area contributed by atoms with Gasteiger partial charge in [0.15, 0.2) is 5.69 Å². The topological polar surface area (TPSA) is 105 Å². The summed E-state index contributed by atoms with van der Waals surface area (Å²) in [6.07, 6.45) is 0. The molecule has 11 heteroatoms. The molecule has 0 spiro atoms. The summed E-state index contributed by atoms with van der Waals surface area (Å²) in [5.74, 6) is 1.60. The maximum Gasteiger partial charge on any atom is 0.280 e. The Hall–Kier alpha value is -4.05. The summed E-state index contributed by atoms with van der Waals surface area (Å²) in [7, 11) is 1.60. The molecule has 0 bridgehead atoms. The van der Waals surface area contributed by atoms with Crippen LogP contribution in [0.15, 0.2) is 51.4 Å². The zero-order valence-electron chi connectivity index (χ0n) is 18.4. The van der Waals surface area contributed by atoms with Crippen LogP contribution in [0.5, 0.6) is 5.75 Å². The molecule has 0 aliphatic heterocycles. The van der Waals surface area contributed by atoms with Crippen LogP contribution in [0.4, 0.5) is 4.39 Å². The van der Waals surface area contributed by atoms with Crippen LogP contribution < -0.4 is 4.74 Å². The Morgan fingerprint density at radius 2 is 1.91 bits per heavy atom. The summed E-state index contributed by atoms with van der Waals surface area (Å²) >= 11 is 5.74. The molecule has 0 amide bonds. The van der Waals surface area contributed by atoms with E-state index in [2.05, 4.69) is 25.4 Å². The smallest absolute Gasteiger partial charge is 0.280 e. The van der Waals surface area contributed by atoms with E-state index in [0.717, 1.165) is 5.56 Å². The van der Waals surface area contributed by atoms with E-state index in [-0.39, 0.29) is 16.7 Å². The average Bonchev–Trinajstić information content (AvgIpc) is 3.56. The molecule has 0 aliphatic rings. The standard InChI is InChI=1S/C23H18ClFN6O3/c1-12-20(23-27-21(29-34-23)14-8-9-16(24)17(25)10-14)28-30-31(12)11-18-13(2)33-22(26-18)15-6-4-5-7-19(15)32-3/h4-10H,11H2,1-3H3. The third kappa shape index (κ3) is 3.92. The van der Waals surface area contributed by atoms with Crippen LogP contribution in [0.25, 0.3) is 34.4 Å². The monoisotopic (exact) mass is 480 g/mol. The van der Waals surface area contributed by atoms with Crippen molar-refractivity contribution < 1.29 is 18.1 Å². The number of oxazole rings is 1. The van der Waals surface area contributed by atoms with Crippen molar-refractivity contribution >= 4 is 11.6 Å². The molecule has 34 heavy (non-hydrogen) atoms. The molecule has 172 valence electrons. The van der Waals surface area contributed by atoms with Gasteiger partial charge in [0.25, 0.3) is 5.89 Å². The first-order valence-corrected chi connectivity index (χ1v) is 10.6. The lowest BCUT2D eigenvalue weighted by Crippen LogP contribution is -2.05. The van der Waals surface area contributed by atoms with Gasteiger partial charge in [0.1, 0.15) is 23.0 Å². The Morgan fingerprint density at radius 3 is 2.71 bits per heavy atom. The number of aryl methyl sites for hydroxylation is 1. The third-order valence-corrected chi connectivity index (χ3v) is 5.63. The van der Waals surface area contributed by atoms with Gasteiger partial charge in [-0.25, -0.2) is 14.1 Å². The molecule has 5 rings (SSSR count). The minimum Gasteiger partial charge on any atom is -0.496 e. The summed E-state index contributed by atoms with van der Waals surface area (Å²) in [5.41, 5.74) is 3.00. The number of halogens is 2. The molecule has 0 radical (unpaired) electrons. The molecule has 0 aliphatic carbocycles. The molecule has 0 saturated heterocycles. The van der Waals surface area contributed by atoms with Crippen LogP contribution in [-0.2, 0) is 6.54 Å². The largest absolute Gasteiger partial charge is 0.496 e. The van der Waals surface area contributed by atoms with Crippen LogP contribution in [-0.4, -0.2) is 37.2 Å². The van der Waals surface area contributed by atoms with E-state index in [4.69, 9.17) is 25.3 Å². The van der Waals surface area contributed by atoms with Crippen LogP contribution in [0.3, 0.4) is 0 Å². The zero-order chi connectivity index (χ0) is 23.8. The average molecular weight is 481 g/mol. The van der Waals surface area contributed by atoms with Crippen molar-refractivity contribution in [1.82, 2.24) is 30.1 Å². The van der Waals surface area contributed by atoms with Gasteiger partial charge in [0, 0.05) is 5.56 Å². The van der Waals surface area contributed by atoms with Crippen molar-refractivity contribution in [3.63, 3.8) is 0 Å². The van der Waals surface area contributed by atoms with Gasteiger partial charge in [0.2, 0.25) is 11.7 Å². The van der Waals surface area contributed by atoms with Gasteiger partial charge in [-0.3, -0.25) is 0 Å². The SMILES string of the molecule is COc1ccccc1-c1nc(Cn2nnc(-c3nc(-c4ccc(Cl)c(F)c4)no3)c2C)c(C)o1. The minimum absolute atomic E-state index is 0.0169. The summed E-state index contributed by atoms with van der Waals surface area (Å²) in [5, 5.41) is 12.3. The Morgan fingerprint density at radius 1 is 1.09 bits per heavy atom. The molecular weight excluding hydrogens is 463 g/mol. The summed E-state index contributed by atoms with van der Waals surface area (Å²) in [6, 6.07) is 11.8. The highest BCUT2D eigenvalue weighted by molar-refractivity contribution is 6.30. The second-order valence-electron chi connectivity index (χ2n) is 7.46. The lowest BCUT2D eigenvalue weighted by molar-refractivity contribution is 0.414. The number of para-hydroxylation sites is 1. The van der Waals surface area contributed by atoms with Gasteiger partial charge in [-0.15, -0.1) is 5.10 Å². The zero-order valence-corrected chi connectivity index (χ0v) is 19.2. The molecule has 3 heterocycles. The number of aromatic nitrogens is 6. The van der Waals surface area contributed by atoms with Crippen molar-refractivity contribution in [3.05, 3.63) is 70.5 Å². The van der Waals surface area contributed by atoms with Crippen LogP contribution in [0, 0.1) is 19.7 Å². The number of methoxy groups -OCH3 is 1. The second-order valence-corrected chi connectivity index (χ2v) is 7.86. The Bertz CT molecular complexity index is 1490. The number of hydrogen-bond donors (Lipinski definition) is 0. The molecule has 5 aromatic rings. The molecule has 3 aromatic heterocycles. The molecule has 9 nitrogen and oxygen atoms in total. The van der Waals surface area contributed by atoms with Crippen molar-refractivity contribution in [2.24, 2.45) is 0 Å². The van der Waals surface area contributed by atoms with E-state index in [1.807, 2.05) is 38.1 Å². The number of rotatable bonds is 6. The number of ether oxygens (including phenoxy) is 1. The van der Waals surface area contributed by atoms with Gasteiger partial charge < -0.3 is 13.7 Å². The lowest BCUT2D eigenvalue weighted by Gasteiger charge is -2.03. The molecule has 0 unspecified atom stereocenters. The summed E-state index contributed by atoms with van der Waals surface area (Å²) < 4.78 is 32.1. The fourth-order valence-corrected chi connectivity index (χ4v) is 3.55. The second kappa shape index (κ2) is 8.71. The van der Waals surface area contributed by atoms with Gasteiger partial charge >= 0.3 is 0 Å². The molecule has 0 N–H and O–H groups in total. The van der Waals surface area contributed by atoms with Crippen molar-refractivity contribution in [2.45, 2.75) is 20.4 Å². The molecule has 0 saturated carbocycles. The van der Waals surface area contributed by atoms with Crippen molar-refractivity contribution in [2.75, 3.05) is 7.11 Å². The highest BCUT2D eigenvalue weighted by Gasteiger charge is 2.21. The van der Waals surface area contributed by atoms with E-state index in [1.54, 1.807) is 17.9 Å². The molecule has 0 atom stereocenters. The quantitative estimate of drug-likeness (QED) is 0.330. The maximum atomic E-state index is 13.8. The van der Waals surface area contributed by atoms with E-state index in [0.29, 0.717) is 46.6 Å². The van der Waals surface area contributed by atoms with Gasteiger partial charge in [-0.05, 0) is 44.2 Å². The van der Waals surface area contributed by atoms with Crippen LogP contribution in [0.2, 0.25) is 5.02 Å². The summed E-state index contributed by atoms with van der Waals surface area (Å²) in [6.45, 7) is 3.99. The lowest BCUT2D eigenvalue weighted by atomic mass is 10.2. The Labute approximate surface area is 198 Å². The van der Waals surface area contributed by atoms with Gasteiger partial charge in [-0.2, -0.15) is 4.98 Å². The van der Waals surface area contributed by atoms with Crippen LogP contribution >= 0.6 is 11.6 Å². The molecular formula is C23H18ClFN6O3. The summed E-state index contributed by atoms with van der Waals surface area (Å²) in [4.78, 5) is 8.96. The normalized spacial score (nSPS) is 11.2. The first-order valence-electron chi connectivity index (χ1n) is 10.2. The Balaban J connectivity index is 1.41. The first kappa shape index (κ1) is 21.8. The number of benzene rings is 2. The maximum absolute atomic E-state index is 13.8. The van der Waals surface area contributed by atoms with Gasteiger partial charge in [0.05, 0.1) is 29.9 Å². The van der Waals surface area contributed by atoms with E-state index >= 15 is 0 Å². The minimum atomic E-state index is -0.567.